The number of benzene rings is 2. The summed E-state index contributed by atoms with van der Waals surface area (Å²) in [5, 5.41) is 21.3. The molecule has 1 heterocycles. The number of carbonyl (C=O) groups is 1. The van der Waals surface area contributed by atoms with Crippen molar-refractivity contribution in [1.29, 1.82) is 0 Å². The molecule has 0 spiro atoms. The summed E-state index contributed by atoms with van der Waals surface area (Å²) in [7, 11) is 0. The normalized spacial score (nSPS) is 10.7. The van der Waals surface area contributed by atoms with Crippen LogP contribution in [0.25, 0.3) is 11.3 Å². The summed E-state index contributed by atoms with van der Waals surface area (Å²) in [5.74, 6) is -0.438. The topological polar surface area (TPSA) is 111 Å². The molecule has 0 aliphatic heterocycles. The molecule has 28 heavy (non-hydrogen) atoms. The number of rotatable bonds is 6. The van der Waals surface area contributed by atoms with Crippen molar-refractivity contribution >= 4 is 29.0 Å². The fraction of sp³-hybridized carbons (Fsp3) is 0.211. The van der Waals surface area contributed by atoms with Gasteiger partial charge in [-0.15, -0.1) is 0 Å². The number of hydrogen-bond acceptors (Lipinski definition) is 6. The number of nitro benzene ring substituents is 1. The Bertz CT molecular complexity index is 1050. The lowest BCUT2D eigenvalue weighted by Gasteiger charge is -2.09. The number of nitrogens with one attached hydrogen (secondary N) is 1. The Hall–Kier alpha value is -3.26. The fourth-order valence-corrected chi connectivity index (χ4v) is 2.98. The summed E-state index contributed by atoms with van der Waals surface area (Å²) in [6.45, 7) is 4.06. The molecule has 3 rings (SSSR count). The number of halogens is 1. The quantitative estimate of drug-likeness (QED) is 0.475. The van der Waals surface area contributed by atoms with Crippen molar-refractivity contribution in [2.24, 2.45) is 0 Å². The number of aryl methyl sites for hydroxylation is 2. The van der Waals surface area contributed by atoms with Crippen LogP contribution in [0.3, 0.4) is 0 Å². The molecule has 8 nitrogen and oxygen atoms in total. The molecule has 0 aliphatic carbocycles. The Morgan fingerprint density at radius 1 is 1.18 bits per heavy atom. The van der Waals surface area contributed by atoms with Gasteiger partial charge in [-0.3, -0.25) is 14.9 Å². The second-order valence-electron chi connectivity index (χ2n) is 6.04. The summed E-state index contributed by atoms with van der Waals surface area (Å²) in [5.41, 5.74) is 3.09. The number of amides is 1. The Kier molecular flexibility index (Phi) is 5.70. The SMILES string of the molecule is CCc1ccc(CC)c(-c2nonc2NC(=O)c2ccc(Cl)c([N+](=O)[O-])c2)c1. The van der Waals surface area contributed by atoms with Crippen molar-refractivity contribution in [3.8, 4) is 11.3 Å². The molecule has 1 amide bonds. The molecule has 0 fully saturated rings. The van der Waals surface area contributed by atoms with Crippen LogP contribution >= 0.6 is 11.6 Å². The van der Waals surface area contributed by atoms with Gasteiger partial charge in [0.1, 0.15) is 5.02 Å². The number of nitro groups is 1. The second kappa shape index (κ2) is 8.18. The zero-order valence-corrected chi connectivity index (χ0v) is 16.0. The number of aromatic nitrogens is 2. The summed E-state index contributed by atoms with van der Waals surface area (Å²) in [6.07, 6.45) is 1.61. The summed E-state index contributed by atoms with van der Waals surface area (Å²) >= 11 is 5.80. The minimum absolute atomic E-state index is 0.0469. The molecule has 2 aromatic carbocycles. The zero-order valence-electron chi connectivity index (χ0n) is 15.2. The molecule has 1 aromatic heterocycles. The number of hydrogen-bond donors (Lipinski definition) is 1. The number of carbonyl (C=O) groups excluding carboxylic acids is 1. The van der Waals surface area contributed by atoms with Crippen molar-refractivity contribution in [3.63, 3.8) is 0 Å². The summed E-state index contributed by atoms with van der Waals surface area (Å²) in [6, 6.07) is 9.85. The standard InChI is InChI=1S/C19H17ClN4O4/c1-3-11-5-6-12(4-2)14(9-11)17-18(23-28-22-17)21-19(25)13-7-8-15(20)16(10-13)24(26)27/h5-10H,3-4H2,1-2H3,(H,21,23,25). The first-order valence-corrected chi connectivity index (χ1v) is 9.02. The summed E-state index contributed by atoms with van der Waals surface area (Å²) in [4.78, 5) is 23.0. The van der Waals surface area contributed by atoms with E-state index in [1.165, 1.54) is 12.1 Å². The van der Waals surface area contributed by atoms with Gasteiger partial charge in [-0.25, -0.2) is 4.63 Å². The van der Waals surface area contributed by atoms with Crippen molar-refractivity contribution in [2.75, 3.05) is 5.32 Å². The van der Waals surface area contributed by atoms with E-state index >= 15 is 0 Å². The van der Waals surface area contributed by atoms with Gasteiger partial charge in [0.2, 0.25) is 5.82 Å². The number of anilines is 1. The van der Waals surface area contributed by atoms with Crippen molar-refractivity contribution in [3.05, 3.63) is 68.2 Å². The molecule has 144 valence electrons. The van der Waals surface area contributed by atoms with Crippen LogP contribution in [0.1, 0.15) is 35.3 Å². The van der Waals surface area contributed by atoms with Crippen molar-refractivity contribution in [1.82, 2.24) is 10.3 Å². The van der Waals surface area contributed by atoms with Crippen LogP contribution in [0.2, 0.25) is 5.02 Å². The molecule has 0 aliphatic rings. The van der Waals surface area contributed by atoms with Gasteiger partial charge in [-0.05, 0) is 52.5 Å². The van der Waals surface area contributed by atoms with Crippen LogP contribution in [0.5, 0.6) is 0 Å². The molecule has 3 aromatic rings. The second-order valence-corrected chi connectivity index (χ2v) is 6.44. The van der Waals surface area contributed by atoms with Gasteiger partial charge in [0.15, 0.2) is 5.69 Å². The molecular formula is C19H17ClN4O4. The Labute approximate surface area is 165 Å². The third kappa shape index (κ3) is 3.86. The van der Waals surface area contributed by atoms with Crippen LogP contribution in [0.15, 0.2) is 41.0 Å². The van der Waals surface area contributed by atoms with Crippen molar-refractivity contribution < 1.29 is 14.3 Å². The van der Waals surface area contributed by atoms with E-state index < -0.39 is 10.8 Å². The van der Waals surface area contributed by atoms with E-state index in [1.54, 1.807) is 0 Å². The van der Waals surface area contributed by atoms with E-state index in [2.05, 4.69) is 15.6 Å². The van der Waals surface area contributed by atoms with Crippen LogP contribution in [-0.2, 0) is 12.8 Å². The van der Waals surface area contributed by atoms with Crippen LogP contribution in [0.4, 0.5) is 11.5 Å². The predicted octanol–water partition coefficient (Wildman–Crippen LogP) is 4.68. The van der Waals surface area contributed by atoms with E-state index in [9.17, 15) is 14.9 Å². The highest BCUT2D eigenvalue weighted by Gasteiger charge is 2.21. The molecule has 0 saturated carbocycles. The average Bonchev–Trinajstić information content (AvgIpc) is 3.15. The van der Waals surface area contributed by atoms with Gasteiger partial charge >= 0.3 is 0 Å². The van der Waals surface area contributed by atoms with Crippen LogP contribution in [-0.4, -0.2) is 21.1 Å². The van der Waals surface area contributed by atoms with E-state index in [-0.39, 0.29) is 22.1 Å². The summed E-state index contributed by atoms with van der Waals surface area (Å²) < 4.78 is 4.85. The fourth-order valence-electron chi connectivity index (χ4n) is 2.79. The minimum Gasteiger partial charge on any atom is -0.302 e. The first-order chi connectivity index (χ1) is 13.4. The highest BCUT2D eigenvalue weighted by Crippen LogP contribution is 2.30. The molecule has 0 saturated heterocycles. The molecule has 0 unspecified atom stereocenters. The smallest absolute Gasteiger partial charge is 0.288 e. The molecule has 0 radical (unpaired) electrons. The first-order valence-electron chi connectivity index (χ1n) is 8.64. The maximum Gasteiger partial charge on any atom is 0.288 e. The third-order valence-corrected chi connectivity index (χ3v) is 4.66. The van der Waals surface area contributed by atoms with E-state index in [1.807, 2.05) is 32.0 Å². The Balaban J connectivity index is 1.95. The maximum absolute atomic E-state index is 12.6. The van der Waals surface area contributed by atoms with Gasteiger partial charge in [-0.1, -0.05) is 37.6 Å². The van der Waals surface area contributed by atoms with Crippen LogP contribution < -0.4 is 5.32 Å². The lowest BCUT2D eigenvalue weighted by molar-refractivity contribution is -0.384. The van der Waals surface area contributed by atoms with Gasteiger partial charge in [-0.2, -0.15) is 0 Å². The minimum atomic E-state index is -0.647. The number of nitrogens with zero attached hydrogens (tertiary/aromatic N) is 3. The monoisotopic (exact) mass is 400 g/mol. The maximum atomic E-state index is 12.6. The van der Waals surface area contributed by atoms with E-state index in [0.29, 0.717) is 5.69 Å². The predicted molar refractivity (Wildman–Crippen MR) is 105 cm³/mol. The molecular weight excluding hydrogens is 384 g/mol. The average molecular weight is 401 g/mol. The van der Waals surface area contributed by atoms with E-state index in [4.69, 9.17) is 16.2 Å². The van der Waals surface area contributed by atoms with Gasteiger partial charge in [0.05, 0.1) is 4.92 Å². The lowest BCUT2D eigenvalue weighted by atomic mass is 9.98. The Morgan fingerprint density at radius 3 is 2.64 bits per heavy atom. The van der Waals surface area contributed by atoms with Crippen molar-refractivity contribution in [2.45, 2.75) is 26.7 Å². The highest BCUT2D eigenvalue weighted by atomic mass is 35.5. The molecule has 0 atom stereocenters. The lowest BCUT2D eigenvalue weighted by Crippen LogP contribution is -2.13. The molecule has 0 bridgehead atoms. The highest BCUT2D eigenvalue weighted by molar-refractivity contribution is 6.32. The van der Waals surface area contributed by atoms with Gasteiger partial charge in [0.25, 0.3) is 11.6 Å². The zero-order chi connectivity index (χ0) is 20.3. The first kappa shape index (κ1) is 19.5. The third-order valence-electron chi connectivity index (χ3n) is 4.34. The Morgan fingerprint density at radius 2 is 1.96 bits per heavy atom. The van der Waals surface area contributed by atoms with Crippen LogP contribution in [0, 0.1) is 10.1 Å². The molecule has 1 N–H and O–H groups in total. The van der Waals surface area contributed by atoms with Gasteiger partial charge < -0.3 is 5.32 Å². The van der Waals surface area contributed by atoms with E-state index in [0.717, 1.165) is 35.6 Å². The molecule has 9 heteroatoms. The largest absolute Gasteiger partial charge is 0.302 e. The van der Waals surface area contributed by atoms with Gasteiger partial charge in [0, 0.05) is 17.2 Å².